The molecule has 0 aromatic rings. The summed E-state index contributed by atoms with van der Waals surface area (Å²) in [6.07, 6.45) is 4.12. The molecule has 82 valence electrons. The van der Waals surface area contributed by atoms with E-state index in [0.717, 1.165) is 5.92 Å². The zero-order valence-electron chi connectivity index (χ0n) is 9.82. The highest BCUT2D eigenvalue weighted by atomic mass is 15.0. The Kier molecular flexibility index (Phi) is 2.61. The second-order valence-corrected chi connectivity index (χ2v) is 5.81. The van der Waals surface area contributed by atoms with E-state index in [9.17, 15) is 0 Å². The normalized spacial score (nSPS) is 29.8. The van der Waals surface area contributed by atoms with Crippen molar-refractivity contribution in [3.05, 3.63) is 0 Å². The average Bonchev–Trinajstić information content (AvgIpc) is 2.78. The van der Waals surface area contributed by atoms with Crippen LogP contribution in [-0.4, -0.2) is 25.2 Å². The summed E-state index contributed by atoms with van der Waals surface area (Å²) in [4.78, 5) is 0. The molecule has 0 amide bonds. The monoisotopic (exact) mass is 196 g/mol. The molecular weight excluding hydrogens is 172 g/mol. The van der Waals surface area contributed by atoms with Crippen LogP contribution in [0.1, 0.15) is 40.0 Å². The minimum Gasteiger partial charge on any atom is -0.316 e. The molecule has 1 spiro atoms. The second kappa shape index (κ2) is 3.49. The molecule has 1 aliphatic carbocycles. The second-order valence-electron chi connectivity index (χ2n) is 5.81. The molecule has 0 aromatic carbocycles. The number of rotatable bonds is 4. The van der Waals surface area contributed by atoms with E-state index in [-0.39, 0.29) is 0 Å². The van der Waals surface area contributed by atoms with Crippen LogP contribution < -0.4 is 10.6 Å². The molecule has 2 rings (SSSR count). The topological polar surface area (TPSA) is 24.1 Å². The van der Waals surface area contributed by atoms with Crippen molar-refractivity contribution in [2.75, 3.05) is 19.6 Å². The third-order valence-corrected chi connectivity index (χ3v) is 4.34. The first-order valence-corrected chi connectivity index (χ1v) is 6.04. The number of nitrogens with one attached hydrogen (secondary N) is 2. The minimum absolute atomic E-state index is 0.318. The Labute approximate surface area is 87.8 Å². The molecule has 14 heavy (non-hydrogen) atoms. The van der Waals surface area contributed by atoms with E-state index in [1.165, 1.54) is 38.9 Å². The first-order chi connectivity index (χ1) is 6.58. The van der Waals surface area contributed by atoms with Gasteiger partial charge < -0.3 is 10.6 Å². The van der Waals surface area contributed by atoms with Gasteiger partial charge in [-0.25, -0.2) is 0 Å². The summed E-state index contributed by atoms with van der Waals surface area (Å²) >= 11 is 0. The van der Waals surface area contributed by atoms with Gasteiger partial charge in [0.05, 0.1) is 0 Å². The highest BCUT2D eigenvalue weighted by Crippen LogP contribution is 2.53. The number of hydrogen-bond donors (Lipinski definition) is 2. The Morgan fingerprint density at radius 3 is 2.71 bits per heavy atom. The summed E-state index contributed by atoms with van der Waals surface area (Å²) in [6, 6.07) is 0. The summed E-state index contributed by atoms with van der Waals surface area (Å²) in [7, 11) is 0. The van der Waals surface area contributed by atoms with Gasteiger partial charge in [-0.1, -0.05) is 6.92 Å². The molecule has 0 bridgehead atoms. The summed E-state index contributed by atoms with van der Waals surface area (Å²) in [5.74, 6) is 0.883. The Morgan fingerprint density at radius 1 is 1.43 bits per heavy atom. The molecule has 1 heterocycles. The van der Waals surface area contributed by atoms with Gasteiger partial charge in [-0.3, -0.25) is 0 Å². The Hall–Kier alpha value is -0.0800. The lowest BCUT2D eigenvalue weighted by Crippen LogP contribution is -2.43. The Bertz CT molecular complexity index is 206. The average molecular weight is 196 g/mol. The van der Waals surface area contributed by atoms with Crippen molar-refractivity contribution in [2.24, 2.45) is 11.3 Å². The smallest absolute Gasteiger partial charge is 0.0122 e. The lowest BCUT2D eigenvalue weighted by Gasteiger charge is -2.28. The Morgan fingerprint density at radius 2 is 2.14 bits per heavy atom. The predicted molar refractivity (Wildman–Crippen MR) is 60.4 cm³/mol. The fourth-order valence-corrected chi connectivity index (χ4v) is 2.41. The van der Waals surface area contributed by atoms with Crippen LogP contribution in [0.2, 0.25) is 0 Å². The van der Waals surface area contributed by atoms with Crippen molar-refractivity contribution in [3.63, 3.8) is 0 Å². The lowest BCUT2D eigenvalue weighted by atomic mass is 9.91. The maximum atomic E-state index is 3.71. The van der Waals surface area contributed by atoms with Crippen LogP contribution in [-0.2, 0) is 0 Å². The molecule has 1 saturated heterocycles. The van der Waals surface area contributed by atoms with Crippen LogP contribution in [0.3, 0.4) is 0 Å². The van der Waals surface area contributed by atoms with E-state index in [4.69, 9.17) is 0 Å². The third-order valence-electron chi connectivity index (χ3n) is 4.34. The van der Waals surface area contributed by atoms with Gasteiger partial charge >= 0.3 is 0 Å². The quantitative estimate of drug-likeness (QED) is 0.716. The van der Waals surface area contributed by atoms with Crippen LogP contribution in [0.5, 0.6) is 0 Å². The van der Waals surface area contributed by atoms with Crippen molar-refractivity contribution in [3.8, 4) is 0 Å². The first-order valence-electron chi connectivity index (χ1n) is 6.04. The fraction of sp³-hybridized carbons (Fsp3) is 1.00. The highest BCUT2D eigenvalue weighted by Gasteiger charge is 2.51. The molecule has 0 aromatic heterocycles. The van der Waals surface area contributed by atoms with E-state index in [2.05, 4.69) is 31.4 Å². The van der Waals surface area contributed by atoms with Gasteiger partial charge in [-0.15, -0.1) is 0 Å². The largest absolute Gasteiger partial charge is 0.316 e. The van der Waals surface area contributed by atoms with Crippen LogP contribution in [0.15, 0.2) is 0 Å². The summed E-state index contributed by atoms with van der Waals surface area (Å²) in [5.41, 5.74) is 1.02. The zero-order chi connectivity index (χ0) is 10.2. The Balaban J connectivity index is 1.81. The fourth-order valence-electron chi connectivity index (χ4n) is 2.41. The van der Waals surface area contributed by atoms with Crippen LogP contribution in [0.4, 0.5) is 0 Å². The maximum absolute atomic E-state index is 3.71. The lowest BCUT2D eigenvalue weighted by molar-refractivity contribution is 0.303. The molecular formula is C12H24N2. The van der Waals surface area contributed by atoms with Gasteiger partial charge in [0, 0.05) is 18.6 Å². The van der Waals surface area contributed by atoms with E-state index < -0.39 is 0 Å². The minimum atomic E-state index is 0.318. The van der Waals surface area contributed by atoms with Crippen molar-refractivity contribution in [1.29, 1.82) is 0 Å². The predicted octanol–water partition coefficient (Wildman–Crippen LogP) is 1.76. The molecule has 1 aliphatic heterocycles. The van der Waals surface area contributed by atoms with E-state index in [0.29, 0.717) is 11.0 Å². The van der Waals surface area contributed by atoms with Crippen LogP contribution in [0.25, 0.3) is 0 Å². The zero-order valence-corrected chi connectivity index (χ0v) is 9.82. The highest BCUT2D eigenvalue weighted by molar-refractivity contribution is 5.05. The van der Waals surface area contributed by atoms with Crippen molar-refractivity contribution in [2.45, 2.75) is 45.6 Å². The van der Waals surface area contributed by atoms with Crippen LogP contribution >= 0.6 is 0 Å². The standard InChI is InChI=1S/C12H24N2/c1-4-11(2,3)14-8-10-7-13-9-12(10)5-6-12/h10,13-14H,4-9H2,1-3H3. The first kappa shape index (κ1) is 10.4. The van der Waals surface area contributed by atoms with E-state index >= 15 is 0 Å². The van der Waals surface area contributed by atoms with Gasteiger partial charge in [0.2, 0.25) is 0 Å². The molecule has 2 nitrogen and oxygen atoms in total. The molecule has 1 atom stereocenters. The SMILES string of the molecule is CCC(C)(C)NCC1CNCC12CC2. The molecule has 2 fully saturated rings. The van der Waals surface area contributed by atoms with Crippen molar-refractivity contribution < 1.29 is 0 Å². The van der Waals surface area contributed by atoms with Gasteiger partial charge in [-0.2, -0.15) is 0 Å². The summed E-state index contributed by atoms with van der Waals surface area (Å²) in [6.45, 7) is 10.6. The summed E-state index contributed by atoms with van der Waals surface area (Å²) in [5, 5.41) is 7.25. The van der Waals surface area contributed by atoms with Crippen LogP contribution in [0, 0.1) is 11.3 Å². The molecule has 2 heteroatoms. The molecule has 1 saturated carbocycles. The van der Waals surface area contributed by atoms with Gasteiger partial charge in [-0.05, 0) is 51.0 Å². The van der Waals surface area contributed by atoms with Gasteiger partial charge in [0.15, 0.2) is 0 Å². The summed E-state index contributed by atoms with van der Waals surface area (Å²) < 4.78 is 0. The molecule has 1 unspecified atom stereocenters. The maximum Gasteiger partial charge on any atom is 0.0122 e. The van der Waals surface area contributed by atoms with Gasteiger partial charge in [0.25, 0.3) is 0 Å². The van der Waals surface area contributed by atoms with E-state index in [1.54, 1.807) is 0 Å². The van der Waals surface area contributed by atoms with Crippen molar-refractivity contribution in [1.82, 2.24) is 10.6 Å². The van der Waals surface area contributed by atoms with E-state index in [1.807, 2.05) is 0 Å². The van der Waals surface area contributed by atoms with Crippen molar-refractivity contribution >= 4 is 0 Å². The number of hydrogen-bond acceptors (Lipinski definition) is 2. The molecule has 2 aliphatic rings. The molecule has 0 radical (unpaired) electrons. The van der Waals surface area contributed by atoms with Gasteiger partial charge in [0.1, 0.15) is 0 Å². The molecule has 2 N–H and O–H groups in total. The third kappa shape index (κ3) is 1.96.